The van der Waals surface area contributed by atoms with Gasteiger partial charge in [-0.2, -0.15) is 0 Å². The summed E-state index contributed by atoms with van der Waals surface area (Å²) in [7, 11) is 6.12. The molecule has 0 fully saturated rings. The van der Waals surface area contributed by atoms with Crippen LogP contribution in [-0.2, 0) is 0 Å². The minimum Gasteiger partial charge on any atom is -0.328 e. The third-order valence-electron chi connectivity index (χ3n) is 0.986. The molecule has 0 spiro atoms. The zero-order valence-corrected chi connectivity index (χ0v) is 8.05. The zero-order chi connectivity index (χ0) is 9.72. The van der Waals surface area contributed by atoms with E-state index >= 15 is 0 Å². The summed E-state index contributed by atoms with van der Waals surface area (Å²) in [6.07, 6.45) is 0. The van der Waals surface area contributed by atoms with E-state index in [1.165, 1.54) is 38.0 Å². The molecule has 0 saturated carbocycles. The van der Waals surface area contributed by atoms with E-state index in [0.29, 0.717) is 0 Å². The number of hydrogen-bond acceptors (Lipinski definition) is 2. The summed E-state index contributed by atoms with van der Waals surface area (Å²) < 4.78 is 0. The lowest BCUT2D eigenvalue weighted by atomic mass is 10.8. The molecule has 0 aliphatic rings. The maximum Gasteiger partial charge on any atom is 0.361 e. The lowest BCUT2D eigenvalue weighted by Crippen LogP contribution is -2.20. The summed E-state index contributed by atoms with van der Waals surface area (Å²) in [5.74, 6) is 0. The second-order valence-electron chi connectivity index (χ2n) is 2.55. The molecule has 7 nitrogen and oxygen atoms in total. The molecule has 0 atom stereocenters. The lowest BCUT2D eigenvalue weighted by Gasteiger charge is -2.05. The minimum absolute atomic E-state index is 0. The molecule has 0 aliphatic heterocycles. The molecule has 0 aromatic carbocycles. The molecule has 0 aliphatic carbocycles. The van der Waals surface area contributed by atoms with Crippen molar-refractivity contribution in [3.05, 3.63) is 0 Å². The maximum absolute atomic E-state index is 10.8. The van der Waals surface area contributed by atoms with E-state index in [2.05, 4.69) is 10.2 Å². The Bertz CT molecular complexity index is 189. The van der Waals surface area contributed by atoms with Crippen molar-refractivity contribution in [2.24, 2.45) is 10.2 Å². The summed E-state index contributed by atoms with van der Waals surface area (Å²) in [5.41, 5.74) is 0. The number of azo groups is 1. The Labute approximate surface area is 77.0 Å². The Kier molecular flexibility index (Phi) is 6.55. The summed E-state index contributed by atoms with van der Waals surface area (Å²) in [5, 5.41) is 6.33. The highest BCUT2D eigenvalue weighted by Crippen LogP contribution is 1.89. The smallest absolute Gasteiger partial charge is 0.328 e. The third kappa shape index (κ3) is 5.74. The third-order valence-corrected chi connectivity index (χ3v) is 0.986. The van der Waals surface area contributed by atoms with Crippen molar-refractivity contribution in [2.75, 3.05) is 28.2 Å². The average Bonchev–Trinajstić information content (AvgIpc) is 1.98. The topological polar surface area (TPSA) is 95.8 Å². The second-order valence-corrected chi connectivity index (χ2v) is 2.55. The first-order chi connectivity index (χ1) is 5.45. The predicted molar refractivity (Wildman–Crippen MR) is 45.2 cm³/mol. The van der Waals surface area contributed by atoms with Crippen LogP contribution in [0.2, 0.25) is 0 Å². The monoisotopic (exact) mass is 186 g/mol. The van der Waals surface area contributed by atoms with Crippen molar-refractivity contribution >= 4 is 12.1 Å². The van der Waals surface area contributed by atoms with Gasteiger partial charge >= 0.3 is 12.1 Å². The van der Waals surface area contributed by atoms with Gasteiger partial charge in [0.15, 0.2) is 0 Å². The van der Waals surface area contributed by atoms with Crippen LogP contribution >= 0.6 is 0 Å². The number of urea groups is 2. The molecule has 0 rings (SSSR count). The minimum atomic E-state index is -0.551. The highest BCUT2D eigenvalue weighted by atomic mass is 16.2. The van der Waals surface area contributed by atoms with Gasteiger partial charge in [-0.15, -0.1) is 0 Å². The Hall–Kier alpha value is -1.50. The second kappa shape index (κ2) is 6.06. The molecule has 0 unspecified atom stereocenters. The first-order valence-corrected chi connectivity index (χ1v) is 3.29. The van der Waals surface area contributed by atoms with Gasteiger partial charge in [-0.25, -0.2) is 9.59 Å². The number of amides is 4. The van der Waals surface area contributed by atoms with Crippen LogP contribution in [0.5, 0.6) is 0 Å². The Morgan fingerprint density at radius 3 is 1.23 bits per heavy atom. The van der Waals surface area contributed by atoms with Gasteiger partial charge in [-0.05, 0) is 0 Å². The zero-order valence-electron chi connectivity index (χ0n) is 8.05. The molecule has 0 aromatic heterocycles. The number of carbonyl (C=O) groups excluding carboxylic acids is 2. The highest BCUT2D eigenvalue weighted by Gasteiger charge is 2.03. The van der Waals surface area contributed by atoms with Crippen LogP contribution in [0.1, 0.15) is 0 Å². The molecule has 3 radical (unpaired) electrons. The standard InChI is InChI=1S/C6H12N4O2.N/c1-9(2)5(11)7-8-6(12)10(3)4;/h1-4H3;. The fraction of sp³-hybridized carbons (Fsp3) is 0.667. The molecule has 73 valence electrons. The van der Waals surface area contributed by atoms with Gasteiger partial charge in [0, 0.05) is 34.3 Å². The summed E-state index contributed by atoms with van der Waals surface area (Å²) in [4.78, 5) is 24.0. The van der Waals surface area contributed by atoms with Gasteiger partial charge in [-0.1, -0.05) is 10.2 Å². The van der Waals surface area contributed by atoms with Crippen molar-refractivity contribution in [2.45, 2.75) is 0 Å². The number of rotatable bonds is 0. The molecule has 0 saturated heterocycles. The summed E-state index contributed by atoms with van der Waals surface area (Å²) >= 11 is 0. The molecule has 7 heteroatoms. The fourth-order valence-corrected chi connectivity index (χ4v) is 0.264. The lowest BCUT2D eigenvalue weighted by molar-refractivity contribution is 0.218. The Balaban J connectivity index is 0. The van der Waals surface area contributed by atoms with Crippen LogP contribution in [0.3, 0.4) is 0 Å². The number of hydrogen-bond donors (Lipinski definition) is 0. The SMILES string of the molecule is CN(C)C(=O)N=NC(=O)N(C)C.[N]. The molecule has 0 aromatic rings. The largest absolute Gasteiger partial charge is 0.361 e. The Morgan fingerprint density at radius 2 is 1.08 bits per heavy atom. The number of carbonyl (C=O) groups is 2. The fourth-order valence-electron chi connectivity index (χ4n) is 0.264. The van der Waals surface area contributed by atoms with Crippen LogP contribution in [0, 0.1) is 0 Å². The maximum atomic E-state index is 10.8. The van der Waals surface area contributed by atoms with Crippen LogP contribution in [-0.4, -0.2) is 50.1 Å². The van der Waals surface area contributed by atoms with Crippen LogP contribution < -0.4 is 6.15 Å². The molecule has 13 heavy (non-hydrogen) atoms. The van der Waals surface area contributed by atoms with E-state index in [1.54, 1.807) is 0 Å². The van der Waals surface area contributed by atoms with Crippen LogP contribution in [0.4, 0.5) is 9.59 Å². The molecule has 0 N–H and O–H groups in total. The van der Waals surface area contributed by atoms with Crippen molar-refractivity contribution in [3.63, 3.8) is 0 Å². The van der Waals surface area contributed by atoms with E-state index in [-0.39, 0.29) is 6.15 Å². The van der Waals surface area contributed by atoms with E-state index in [4.69, 9.17) is 0 Å². The van der Waals surface area contributed by atoms with Crippen molar-refractivity contribution in [3.8, 4) is 0 Å². The first kappa shape index (κ1) is 14.0. The molecule has 4 amide bonds. The normalized spacial score (nSPS) is 9.23. The van der Waals surface area contributed by atoms with Gasteiger partial charge in [0.2, 0.25) is 0 Å². The molecule has 0 heterocycles. The van der Waals surface area contributed by atoms with E-state index in [0.717, 1.165) is 0 Å². The molecule has 0 bridgehead atoms. The van der Waals surface area contributed by atoms with Gasteiger partial charge in [0.05, 0.1) is 0 Å². The van der Waals surface area contributed by atoms with Crippen LogP contribution in [0.25, 0.3) is 0 Å². The average molecular weight is 186 g/mol. The molecular weight excluding hydrogens is 174 g/mol. The van der Waals surface area contributed by atoms with E-state index in [1.807, 2.05) is 0 Å². The van der Waals surface area contributed by atoms with Crippen molar-refractivity contribution < 1.29 is 9.59 Å². The highest BCUT2D eigenvalue weighted by molar-refractivity contribution is 5.79. The summed E-state index contributed by atoms with van der Waals surface area (Å²) in [6, 6.07) is -1.10. The van der Waals surface area contributed by atoms with Crippen molar-refractivity contribution in [1.29, 1.82) is 0 Å². The van der Waals surface area contributed by atoms with E-state index in [9.17, 15) is 9.59 Å². The van der Waals surface area contributed by atoms with Crippen molar-refractivity contribution in [1.82, 2.24) is 16.0 Å². The number of nitrogens with zero attached hydrogens (tertiary/aromatic N) is 5. The quantitative estimate of drug-likeness (QED) is 0.509. The van der Waals surface area contributed by atoms with Crippen LogP contribution in [0.15, 0.2) is 10.2 Å². The van der Waals surface area contributed by atoms with Gasteiger partial charge < -0.3 is 9.80 Å². The first-order valence-electron chi connectivity index (χ1n) is 3.29. The Morgan fingerprint density at radius 1 is 0.846 bits per heavy atom. The predicted octanol–water partition coefficient (Wildman–Crippen LogP) is 0.321. The van der Waals surface area contributed by atoms with E-state index < -0.39 is 12.1 Å². The summed E-state index contributed by atoms with van der Waals surface area (Å²) in [6.45, 7) is 0. The molecular formula is C6H12N5O2. The van der Waals surface area contributed by atoms with Gasteiger partial charge in [0.25, 0.3) is 0 Å². The van der Waals surface area contributed by atoms with Gasteiger partial charge in [0.1, 0.15) is 0 Å². The van der Waals surface area contributed by atoms with Gasteiger partial charge in [-0.3, -0.25) is 0 Å².